The third-order valence-corrected chi connectivity index (χ3v) is 3.01. The molecule has 0 aliphatic rings. The summed E-state index contributed by atoms with van der Waals surface area (Å²) in [5.74, 6) is 0. The molecule has 0 atom stereocenters. The minimum absolute atomic E-state index is 0. The van der Waals surface area contributed by atoms with Crippen LogP contribution in [0.25, 0.3) is 0 Å². The fraction of sp³-hybridized carbons (Fsp3) is 0.143. The fourth-order valence-corrected chi connectivity index (χ4v) is 1.48. The van der Waals surface area contributed by atoms with Crippen molar-refractivity contribution in [3.63, 3.8) is 0 Å². The molecule has 0 N–H and O–H groups in total. The van der Waals surface area contributed by atoms with Crippen LogP contribution in [0.15, 0.2) is 0 Å². The van der Waals surface area contributed by atoms with Gasteiger partial charge in [0.1, 0.15) is 0 Å². The van der Waals surface area contributed by atoms with Crippen LogP contribution in [0.2, 0.25) is 20.1 Å². The molecule has 12 heavy (non-hydrogen) atoms. The first-order valence-corrected chi connectivity index (χ1v) is 4.27. The molecular weight excluding hydrogens is 317 g/mol. The third-order valence-electron chi connectivity index (χ3n) is 1.20. The van der Waals surface area contributed by atoms with E-state index in [1.807, 2.05) is 0 Å². The Kier molecular flexibility index (Phi) is 5.77. The van der Waals surface area contributed by atoms with Crippen molar-refractivity contribution in [2.24, 2.45) is 0 Å². The number of hydrogen-bond acceptors (Lipinski definition) is 0. The van der Waals surface area contributed by atoms with E-state index in [0.29, 0.717) is 15.6 Å². The predicted octanol–water partition coefficient (Wildman–Crippen LogP) is 4.41. The van der Waals surface area contributed by atoms with Gasteiger partial charge in [0.15, 0.2) is 0 Å². The molecule has 0 aliphatic carbocycles. The minimum atomic E-state index is 0. The second-order valence-electron chi connectivity index (χ2n) is 2.01. The number of hydrogen-bond donors (Lipinski definition) is 0. The summed E-state index contributed by atoms with van der Waals surface area (Å²) < 4.78 is 0. The average Bonchev–Trinajstić information content (AvgIpc) is 1.97. The molecule has 1 aromatic rings. The van der Waals surface area contributed by atoms with E-state index in [2.05, 4.69) is 6.07 Å². The van der Waals surface area contributed by atoms with E-state index in [4.69, 9.17) is 46.4 Å². The van der Waals surface area contributed by atoms with Crippen molar-refractivity contribution >= 4 is 46.4 Å². The van der Waals surface area contributed by atoms with Crippen molar-refractivity contribution in [2.45, 2.75) is 6.92 Å². The summed E-state index contributed by atoms with van der Waals surface area (Å²) in [6.45, 7) is 1.76. The first-order chi connectivity index (χ1) is 5.04. The van der Waals surface area contributed by atoms with Gasteiger partial charge < -0.3 is 0 Å². The quantitative estimate of drug-likeness (QED) is 0.377. The maximum absolute atomic E-state index is 5.75. The largest absolute Gasteiger partial charge is 0.165 e. The van der Waals surface area contributed by atoms with Crippen molar-refractivity contribution in [3.05, 3.63) is 31.7 Å². The van der Waals surface area contributed by atoms with Gasteiger partial charge in [-0.1, -0.05) is 11.9 Å². The van der Waals surface area contributed by atoms with Gasteiger partial charge in [-0.15, -0.1) is 28.8 Å². The summed E-state index contributed by atoms with van der Waals surface area (Å²) in [4.78, 5) is 0. The number of benzene rings is 1. The number of rotatable bonds is 0. The second-order valence-corrected chi connectivity index (χ2v) is 3.52. The van der Waals surface area contributed by atoms with Crippen LogP contribution in [0.1, 0.15) is 5.56 Å². The summed E-state index contributed by atoms with van der Waals surface area (Å²) >= 11 is 22.8. The van der Waals surface area contributed by atoms with Crippen LogP contribution in [0.3, 0.4) is 0 Å². The smallest absolute Gasteiger partial charge is 0 e. The summed E-state index contributed by atoms with van der Waals surface area (Å²) in [6, 6.07) is 2.76. The average molecular weight is 320 g/mol. The van der Waals surface area contributed by atoms with Crippen LogP contribution >= 0.6 is 46.4 Å². The van der Waals surface area contributed by atoms with Gasteiger partial charge in [0.05, 0.1) is 0 Å². The van der Waals surface area contributed by atoms with Crippen LogP contribution in [0, 0.1) is 13.0 Å². The van der Waals surface area contributed by atoms with Gasteiger partial charge in [-0.2, -0.15) is 29.3 Å². The Labute approximate surface area is 110 Å². The van der Waals surface area contributed by atoms with E-state index < -0.39 is 0 Å². The summed E-state index contributed by atoms with van der Waals surface area (Å²) in [5.41, 5.74) is 0.700. The van der Waals surface area contributed by atoms with Crippen molar-refractivity contribution in [2.75, 3.05) is 0 Å². The van der Waals surface area contributed by atoms with Crippen LogP contribution in [0.4, 0.5) is 0 Å². The third kappa shape index (κ3) is 2.62. The van der Waals surface area contributed by atoms with Crippen LogP contribution in [-0.4, -0.2) is 0 Å². The molecule has 1 aromatic carbocycles. The topological polar surface area (TPSA) is 0 Å². The normalized spacial score (nSPS) is 9.42. The van der Waals surface area contributed by atoms with Crippen molar-refractivity contribution in [3.8, 4) is 0 Å². The van der Waals surface area contributed by atoms with E-state index in [1.165, 1.54) is 0 Å². The maximum Gasteiger partial charge on any atom is 0 e. The first kappa shape index (κ1) is 13.3. The molecular formula is C7H3Cl4Zr-. The van der Waals surface area contributed by atoms with Crippen molar-refractivity contribution in [1.82, 2.24) is 0 Å². The number of aryl methyl sites for hydroxylation is 1. The molecule has 0 unspecified atom stereocenters. The fourth-order valence-electron chi connectivity index (χ4n) is 0.632. The van der Waals surface area contributed by atoms with E-state index in [0.717, 1.165) is 0 Å². The van der Waals surface area contributed by atoms with E-state index in [9.17, 15) is 0 Å². The molecule has 0 spiro atoms. The van der Waals surface area contributed by atoms with Crippen molar-refractivity contribution in [1.29, 1.82) is 0 Å². The standard InChI is InChI=1S/C7H3Cl4.Zr/c1-3-2-4(8)6(10)7(11)5(3)9;/h1H3;/q-1;. The molecule has 0 saturated carbocycles. The maximum atomic E-state index is 5.75. The Morgan fingerprint density at radius 2 is 1.42 bits per heavy atom. The van der Waals surface area contributed by atoms with Gasteiger partial charge in [-0.25, -0.2) is 0 Å². The van der Waals surface area contributed by atoms with Gasteiger partial charge in [0, 0.05) is 26.2 Å². The predicted molar refractivity (Wildman–Crippen MR) is 50.1 cm³/mol. The van der Waals surface area contributed by atoms with Crippen LogP contribution < -0.4 is 0 Å². The Hall–Kier alpha value is 1.26. The van der Waals surface area contributed by atoms with Gasteiger partial charge in [0.25, 0.3) is 0 Å². The summed E-state index contributed by atoms with van der Waals surface area (Å²) in [5, 5.41) is 1.25. The molecule has 0 aromatic heterocycles. The van der Waals surface area contributed by atoms with Gasteiger partial charge >= 0.3 is 0 Å². The van der Waals surface area contributed by atoms with Crippen molar-refractivity contribution < 1.29 is 26.2 Å². The Bertz CT molecular complexity index is 272. The molecule has 0 fully saturated rings. The van der Waals surface area contributed by atoms with Crippen LogP contribution in [-0.2, 0) is 26.2 Å². The molecule has 0 radical (unpaired) electrons. The zero-order valence-corrected chi connectivity index (χ0v) is 11.5. The molecule has 0 aliphatic heterocycles. The van der Waals surface area contributed by atoms with E-state index in [-0.39, 0.29) is 36.2 Å². The van der Waals surface area contributed by atoms with E-state index in [1.54, 1.807) is 6.92 Å². The molecule has 0 amide bonds. The molecule has 0 bridgehead atoms. The SMILES string of the molecule is Cc1[c-]c(Cl)c(Cl)c(Cl)c1Cl.[Zr]. The van der Waals surface area contributed by atoms with E-state index >= 15 is 0 Å². The molecule has 1 rings (SSSR count). The Morgan fingerprint density at radius 1 is 0.917 bits per heavy atom. The zero-order chi connectivity index (χ0) is 8.59. The van der Waals surface area contributed by atoms with Gasteiger partial charge in [0.2, 0.25) is 0 Å². The molecule has 64 valence electrons. The molecule has 0 saturated heterocycles. The summed E-state index contributed by atoms with van der Waals surface area (Å²) in [7, 11) is 0. The number of halogens is 4. The molecule has 0 nitrogen and oxygen atoms in total. The first-order valence-electron chi connectivity index (χ1n) is 2.76. The molecule has 0 heterocycles. The monoisotopic (exact) mass is 317 g/mol. The summed E-state index contributed by atoms with van der Waals surface area (Å²) in [6.07, 6.45) is 0. The minimum Gasteiger partial charge on any atom is -0.165 e. The van der Waals surface area contributed by atoms with Gasteiger partial charge in [-0.05, 0) is 15.1 Å². The van der Waals surface area contributed by atoms with Gasteiger partial charge in [-0.3, -0.25) is 0 Å². The zero-order valence-electron chi connectivity index (χ0n) is 6.01. The Balaban J connectivity index is 0.00000121. The Morgan fingerprint density at radius 3 is 1.92 bits per heavy atom. The molecule has 5 heteroatoms. The second kappa shape index (κ2) is 5.22. The van der Waals surface area contributed by atoms with Crippen LogP contribution in [0.5, 0.6) is 0 Å².